The number of hydrogen-bond donors (Lipinski definition) is 0. The lowest BCUT2D eigenvalue weighted by atomic mass is 10.1. The molecule has 0 saturated carbocycles. The predicted molar refractivity (Wildman–Crippen MR) is 46.8 cm³/mol. The molecule has 0 fully saturated rings. The summed E-state index contributed by atoms with van der Waals surface area (Å²) in [6.45, 7) is 0. The molecule has 0 amide bonds. The van der Waals surface area contributed by atoms with E-state index in [0.717, 1.165) is 0 Å². The molecule has 0 aliphatic heterocycles. The quantitative estimate of drug-likeness (QED) is 0.456. The number of aromatic nitrogens is 1. The van der Waals surface area contributed by atoms with Crippen molar-refractivity contribution in [3.05, 3.63) is 28.8 Å². The average Bonchev–Trinajstić information content (AvgIpc) is 2.14. The van der Waals surface area contributed by atoms with Crippen molar-refractivity contribution in [1.82, 2.24) is 4.98 Å². The van der Waals surface area contributed by atoms with Gasteiger partial charge < -0.3 is 0 Å². The van der Waals surface area contributed by atoms with Crippen molar-refractivity contribution in [2.75, 3.05) is 0 Å². The van der Waals surface area contributed by atoms with E-state index in [1.165, 1.54) is 0 Å². The van der Waals surface area contributed by atoms with Gasteiger partial charge in [0.2, 0.25) is 5.95 Å². The molecule has 0 bridgehead atoms. The van der Waals surface area contributed by atoms with Crippen LogP contribution >= 0.6 is 15.9 Å². The van der Waals surface area contributed by atoms with Crippen LogP contribution in [0.15, 0.2) is 6.20 Å². The SMILES string of the molecule is Fc1ncc(C(F)F)c(CBr)c1C(F)(F)F. The summed E-state index contributed by atoms with van der Waals surface area (Å²) in [4.78, 5) is 2.69. The summed E-state index contributed by atoms with van der Waals surface area (Å²) in [6.07, 6.45) is -7.78. The summed E-state index contributed by atoms with van der Waals surface area (Å²) in [7, 11) is 0. The largest absolute Gasteiger partial charge is 0.421 e. The molecule has 0 aromatic carbocycles. The van der Waals surface area contributed by atoms with E-state index >= 15 is 0 Å². The van der Waals surface area contributed by atoms with Crippen molar-refractivity contribution in [3.8, 4) is 0 Å². The molecule has 0 unspecified atom stereocenters. The second-order valence-corrected chi connectivity index (χ2v) is 3.35. The lowest BCUT2D eigenvalue weighted by Crippen LogP contribution is -2.15. The monoisotopic (exact) mass is 307 g/mol. The van der Waals surface area contributed by atoms with Gasteiger partial charge in [-0.05, 0) is 5.56 Å². The Balaban J connectivity index is 3.51. The van der Waals surface area contributed by atoms with Crippen LogP contribution in [0, 0.1) is 5.95 Å². The van der Waals surface area contributed by atoms with E-state index in [-0.39, 0.29) is 0 Å². The Morgan fingerprint density at radius 3 is 2.25 bits per heavy atom. The van der Waals surface area contributed by atoms with Gasteiger partial charge in [0.1, 0.15) is 5.56 Å². The molecule has 0 atom stereocenters. The van der Waals surface area contributed by atoms with Crippen LogP contribution in [0.1, 0.15) is 23.1 Å². The predicted octanol–water partition coefficient (Wildman–Crippen LogP) is 4.07. The van der Waals surface area contributed by atoms with Gasteiger partial charge in [-0.1, -0.05) is 15.9 Å². The summed E-state index contributed by atoms with van der Waals surface area (Å²) in [5.74, 6) is -1.80. The fourth-order valence-electron chi connectivity index (χ4n) is 1.16. The van der Waals surface area contributed by atoms with Gasteiger partial charge in [-0.3, -0.25) is 0 Å². The molecule has 1 aromatic heterocycles. The minimum atomic E-state index is -5.05. The van der Waals surface area contributed by atoms with Crippen LogP contribution in [0.3, 0.4) is 0 Å². The van der Waals surface area contributed by atoms with Crippen molar-refractivity contribution < 1.29 is 26.3 Å². The Kier molecular flexibility index (Phi) is 3.82. The summed E-state index contributed by atoms with van der Waals surface area (Å²) >= 11 is 2.63. The summed E-state index contributed by atoms with van der Waals surface area (Å²) < 4.78 is 74.8. The van der Waals surface area contributed by atoms with Crippen molar-refractivity contribution in [3.63, 3.8) is 0 Å². The van der Waals surface area contributed by atoms with E-state index in [4.69, 9.17) is 0 Å². The van der Waals surface area contributed by atoms with Gasteiger partial charge in [0.05, 0.1) is 0 Å². The minimum absolute atomic E-state index is 0.409. The Morgan fingerprint density at radius 1 is 1.31 bits per heavy atom. The second-order valence-electron chi connectivity index (χ2n) is 2.79. The Hall–Kier alpha value is -0.790. The Bertz CT molecular complexity index is 389. The van der Waals surface area contributed by atoms with Crippen LogP contribution in [0.5, 0.6) is 0 Å². The number of pyridine rings is 1. The van der Waals surface area contributed by atoms with Crippen LogP contribution in [0.4, 0.5) is 26.3 Å². The molecule has 0 aliphatic carbocycles. The molecule has 1 aromatic rings. The molecule has 0 spiro atoms. The van der Waals surface area contributed by atoms with Crippen molar-refractivity contribution in [2.24, 2.45) is 0 Å². The maximum atomic E-state index is 12.9. The number of rotatable bonds is 2. The molecule has 16 heavy (non-hydrogen) atoms. The zero-order valence-electron chi connectivity index (χ0n) is 7.45. The van der Waals surface area contributed by atoms with Crippen LogP contribution in [-0.2, 0) is 11.5 Å². The Morgan fingerprint density at radius 2 is 1.88 bits per heavy atom. The number of nitrogens with zero attached hydrogens (tertiary/aromatic N) is 1. The van der Waals surface area contributed by atoms with Gasteiger partial charge in [-0.15, -0.1) is 0 Å². The molecular formula is C8H4BrF6N. The second kappa shape index (κ2) is 4.60. The van der Waals surface area contributed by atoms with Crippen LogP contribution in [0.2, 0.25) is 0 Å². The first-order valence-corrected chi connectivity index (χ1v) is 4.99. The topological polar surface area (TPSA) is 12.9 Å². The first-order chi connectivity index (χ1) is 7.29. The third-order valence-electron chi connectivity index (χ3n) is 1.83. The molecule has 1 nitrogen and oxygen atoms in total. The van der Waals surface area contributed by atoms with E-state index in [9.17, 15) is 26.3 Å². The summed E-state index contributed by atoms with van der Waals surface area (Å²) in [6, 6.07) is 0. The molecule has 0 N–H and O–H groups in total. The first-order valence-electron chi connectivity index (χ1n) is 3.87. The number of hydrogen-bond acceptors (Lipinski definition) is 1. The first kappa shape index (κ1) is 13.3. The highest BCUT2D eigenvalue weighted by Crippen LogP contribution is 2.37. The van der Waals surface area contributed by atoms with Crippen LogP contribution < -0.4 is 0 Å². The van der Waals surface area contributed by atoms with Gasteiger partial charge in [-0.25, -0.2) is 13.8 Å². The molecule has 90 valence electrons. The molecule has 1 heterocycles. The third-order valence-corrected chi connectivity index (χ3v) is 2.39. The minimum Gasteiger partial charge on any atom is -0.227 e. The fourth-order valence-corrected chi connectivity index (χ4v) is 1.76. The highest BCUT2D eigenvalue weighted by atomic mass is 79.9. The van der Waals surface area contributed by atoms with E-state index in [1.807, 2.05) is 0 Å². The van der Waals surface area contributed by atoms with E-state index < -0.39 is 40.6 Å². The van der Waals surface area contributed by atoms with Crippen molar-refractivity contribution in [1.29, 1.82) is 0 Å². The molecular weight excluding hydrogens is 304 g/mol. The van der Waals surface area contributed by atoms with Gasteiger partial charge in [0, 0.05) is 17.1 Å². The summed E-state index contributed by atoms with van der Waals surface area (Å²) in [5.41, 5.74) is -3.50. The van der Waals surface area contributed by atoms with Crippen LogP contribution in [0.25, 0.3) is 0 Å². The third kappa shape index (κ3) is 2.47. The highest BCUT2D eigenvalue weighted by Gasteiger charge is 2.39. The molecule has 0 radical (unpaired) electrons. The number of alkyl halides is 6. The van der Waals surface area contributed by atoms with Gasteiger partial charge >= 0.3 is 6.18 Å². The van der Waals surface area contributed by atoms with Gasteiger partial charge in [0.25, 0.3) is 6.43 Å². The standard InChI is InChI=1S/C8H4BrF6N/c9-1-3-4(6(10)11)2-16-7(12)5(3)8(13,14)15/h2,6H,1H2. The normalized spacial score (nSPS) is 12.2. The molecule has 8 heteroatoms. The fraction of sp³-hybridized carbons (Fsp3) is 0.375. The maximum absolute atomic E-state index is 12.9. The number of halogens is 7. The molecule has 0 aliphatic rings. The van der Waals surface area contributed by atoms with E-state index in [1.54, 1.807) is 0 Å². The van der Waals surface area contributed by atoms with Gasteiger partial charge in [-0.2, -0.15) is 17.6 Å². The van der Waals surface area contributed by atoms with Crippen molar-refractivity contribution >= 4 is 15.9 Å². The lowest BCUT2D eigenvalue weighted by Gasteiger charge is -2.14. The zero-order valence-corrected chi connectivity index (χ0v) is 9.04. The van der Waals surface area contributed by atoms with Gasteiger partial charge in [0.15, 0.2) is 0 Å². The summed E-state index contributed by atoms with van der Waals surface area (Å²) in [5, 5.41) is -0.527. The Labute approximate surface area is 94.6 Å². The highest BCUT2D eigenvalue weighted by molar-refractivity contribution is 9.08. The van der Waals surface area contributed by atoms with Crippen molar-refractivity contribution in [2.45, 2.75) is 17.9 Å². The zero-order chi connectivity index (χ0) is 12.5. The maximum Gasteiger partial charge on any atom is 0.421 e. The van der Waals surface area contributed by atoms with E-state index in [0.29, 0.717) is 6.20 Å². The van der Waals surface area contributed by atoms with Crippen LogP contribution in [-0.4, -0.2) is 4.98 Å². The average molecular weight is 308 g/mol. The lowest BCUT2D eigenvalue weighted by molar-refractivity contribution is -0.141. The smallest absolute Gasteiger partial charge is 0.227 e. The van der Waals surface area contributed by atoms with E-state index in [2.05, 4.69) is 20.9 Å². The molecule has 0 saturated heterocycles. The molecule has 1 rings (SSSR count).